The number of amides is 2. The molecule has 0 aliphatic rings. The summed E-state index contributed by atoms with van der Waals surface area (Å²) in [6, 6.07) is 9.37. The van der Waals surface area contributed by atoms with E-state index in [0.717, 1.165) is 17.7 Å². The van der Waals surface area contributed by atoms with E-state index in [2.05, 4.69) is 10.6 Å². The molecule has 0 aliphatic heterocycles. The predicted molar refractivity (Wildman–Crippen MR) is 70.6 cm³/mol. The Balaban J connectivity index is 1.73. The molecule has 0 aliphatic carbocycles. The van der Waals surface area contributed by atoms with Crippen LogP contribution in [-0.4, -0.2) is 12.6 Å². The predicted octanol–water partition coefficient (Wildman–Crippen LogP) is 2.95. The minimum absolute atomic E-state index is 0.192. The number of hydrogen-bond acceptors (Lipinski definition) is 2. The number of nitrogens with one attached hydrogen (secondary N) is 2. The lowest BCUT2D eigenvalue weighted by Crippen LogP contribution is -2.30. The van der Waals surface area contributed by atoms with Gasteiger partial charge in [-0.1, -0.05) is 17.7 Å². The normalized spacial score (nSPS) is 10.1. The highest BCUT2D eigenvalue weighted by molar-refractivity contribution is 5.89. The number of carbonyl (C=O) groups excluding carboxylic acids is 1. The Kier molecular flexibility index (Phi) is 4.02. The standard InChI is InChI=1S/C14H16N2O2/c1-11-2-4-13(5-3-11)16-14(17)15-8-6-12-7-9-18-10-12/h2-5,7,9-10H,6,8H2,1H3,(H2,15,16,17). The van der Waals surface area contributed by atoms with Gasteiger partial charge in [0.25, 0.3) is 0 Å². The van der Waals surface area contributed by atoms with Crippen LogP contribution in [0.25, 0.3) is 0 Å². The van der Waals surface area contributed by atoms with Gasteiger partial charge in [0, 0.05) is 12.2 Å². The minimum Gasteiger partial charge on any atom is -0.472 e. The largest absolute Gasteiger partial charge is 0.472 e. The highest BCUT2D eigenvalue weighted by atomic mass is 16.3. The fraction of sp³-hybridized carbons (Fsp3) is 0.214. The van der Waals surface area contributed by atoms with Crippen LogP contribution in [0.3, 0.4) is 0 Å². The molecule has 0 saturated carbocycles. The molecule has 4 heteroatoms. The summed E-state index contributed by atoms with van der Waals surface area (Å²) in [4.78, 5) is 11.6. The number of anilines is 1. The van der Waals surface area contributed by atoms with E-state index in [1.807, 2.05) is 37.3 Å². The fourth-order valence-corrected chi connectivity index (χ4v) is 1.57. The molecular formula is C14H16N2O2. The third-order valence-corrected chi connectivity index (χ3v) is 2.59. The molecular weight excluding hydrogens is 228 g/mol. The van der Waals surface area contributed by atoms with Crippen molar-refractivity contribution in [3.63, 3.8) is 0 Å². The van der Waals surface area contributed by atoms with E-state index >= 15 is 0 Å². The molecule has 0 fully saturated rings. The average Bonchev–Trinajstić information content (AvgIpc) is 2.85. The average molecular weight is 244 g/mol. The topological polar surface area (TPSA) is 54.3 Å². The molecule has 0 saturated heterocycles. The summed E-state index contributed by atoms with van der Waals surface area (Å²) >= 11 is 0. The minimum atomic E-state index is -0.192. The SMILES string of the molecule is Cc1ccc(NC(=O)NCCc2ccoc2)cc1. The van der Waals surface area contributed by atoms with Crippen LogP contribution in [0.4, 0.5) is 10.5 Å². The second-order valence-electron chi connectivity index (χ2n) is 4.13. The van der Waals surface area contributed by atoms with Gasteiger partial charge in [-0.2, -0.15) is 0 Å². The van der Waals surface area contributed by atoms with E-state index < -0.39 is 0 Å². The Morgan fingerprint density at radius 1 is 1.22 bits per heavy atom. The Morgan fingerprint density at radius 2 is 2.00 bits per heavy atom. The molecule has 2 aromatic rings. The summed E-state index contributed by atoms with van der Waals surface area (Å²) in [7, 11) is 0. The lowest BCUT2D eigenvalue weighted by molar-refractivity contribution is 0.252. The molecule has 1 aromatic heterocycles. The maximum atomic E-state index is 11.6. The molecule has 18 heavy (non-hydrogen) atoms. The maximum absolute atomic E-state index is 11.6. The van der Waals surface area contributed by atoms with Crippen LogP contribution in [-0.2, 0) is 6.42 Å². The molecule has 2 amide bonds. The molecule has 0 atom stereocenters. The molecule has 1 heterocycles. The van der Waals surface area contributed by atoms with Gasteiger partial charge < -0.3 is 15.1 Å². The smallest absolute Gasteiger partial charge is 0.319 e. The molecule has 0 radical (unpaired) electrons. The summed E-state index contributed by atoms with van der Waals surface area (Å²) in [5.41, 5.74) is 3.04. The Morgan fingerprint density at radius 3 is 2.67 bits per heavy atom. The van der Waals surface area contributed by atoms with Gasteiger partial charge in [0.1, 0.15) is 0 Å². The second kappa shape index (κ2) is 5.91. The van der Waals surface area contributed by atoms with E-state index in [4.69, 9.17) is 4.42 Å². The molecule has 0 spiro atoms. The van der Waals surface area contributed by atoms with Crippen LogP contribution in [0.1, 0.15) is 11.1 Å². The van der Waals surface area contributed by atoms with Gasteiger partial charge in [-0.3, -0.25) is 0 Å². The first kappa shape index (κ1) is 12.2. The van der Waals surface area contributed by atoms with E-state index in [0.29, 0.717) is 6.54 Å². The van der Waals surface area contributed by atoms with E-state index in [9.17, 15) is 4.79 Å². The molecule has 0 unspecified atom stereocenters. The molecule has 1 aromatic carbocycles. The summed E-state index contributed by atoms with van der Waals surface area (Å²) in [5.74, 6) is 0. The van der Waals surface area contributed by atoms with Gasteiger partial charge in [-0.05, 0) is 37.1 Å². The van der Waals surface area contributed by atoms with E-state index in [1.165, 1.54) is 5.56 Å². The quantitative estimate of drug-likeness (QED) is 0.868. The van der Waals surface area contributed by atoms with Crippen molar-refractivity contribution in [1.82, 2.24) is 5.32 Å². The van der Waals surface area contributed by atoms with E-state index in [-0.39, 0.29) is 6.03 Å². The van der Waals surface area contributed by atoms with Crippen molar-refractivity contribution in [3.05, 3.63) is 54.0 Å². The van der Waals surface area contributed by atoms with Gasteiger partial charge >= 0.3 is 6.03 Å². The van der Waals surface area contributed by atoms with Crippen molar-refractivity contribution in [1.29, 1.82) is 0 Å². The highest BCUT2D eigenvalue weighted by Gasteiger charge is 2.01. The number of benzene rings is 1. The van der Waals surface area contributed by atoms with Crippen molar-refractivity contribution in [2.45, 2.75) is 13.3 Å². The Bertz CT molecular complexity index is 489. The van der Waals surface area contributed by atoms with Crippen LogP contribution < -0.4 is 10.6 Å². The van der Waals surface area contributed by atoms with Gasteiger partial charge in [0.15, 0.2) is 0 Å². The lowest BCUT2D eigenvalue weighted by atomic mass is 10.2. The fourth-order valence-electron chi connectivity index (χ4n) is 1.57. The van der Waals surface area contributed by atoms with Crippen LogP contribution in [0.15, 0.2) is 47.3 Å². The molecule has 0 bridgehead atoms. The second-order valence-corrected chi connectivity index (χ2v) is 4.13. The number of furan rings is 1. The Labute approximate surface area is 106 Å². The third kappa shape index (κ3) is 3.66. The first-order valence-corrected chi connectivity index (χ1v) is 5.86. The maximum Gasteiger partial charge on any atom is 0.319 e. The summed E-state index contributed by atoms with van der Waals surface area (Å²) in [5, 5.41) is 5.57. The van der Waals surface area contributed by atoms with Crippen molar-refractivity contribution in [3.8, 4) is 0 Å². The zero-order valence-electron chi connectivity index (χ0n) is 10.3. The number of hydrogen-bond donors (Lipinski definition) is 2. The first-order chi connectivity index (χ1) is 8.74. The van der Waals surface area contributed by atoms with Crippen molar-refractivity contribution in [2.24, 2.45) is 0 Å². The van der Waals surface area contributed by atoms with Gasteiger partial charge in [-0.15, -0.1) is 0 Å². The van der Waals surface area contributed by atoms with Crippen LogP contribution in [0, 0.1) is 6.92 Å². The zero-order chi connectivity index (χ0) is 12.8. The lowest BCUT2D eigenvalue weighted by Gasteiger charge is -2.07. The van der Waals surface area contributed by atoms with Crippen LogP contribution in [0.5, 0.6) is 0 Å². The Hall–Kier alpha value is -2.23. The van der Waals surface area contributed by atoms with Crippen LogP contribution >= 0.6 is 0 Å². The highest BCUT2D eigenvalue weighted by Crippen LogP contribution is 2.08. The number of aryl methyl sites for hydroxylation is 1. The van der Waals surface area contributed by atoms with Gasteiger partial charge in [0.2, 0.25) is 0 Å². The van der Waals surface area contributed by atoms with Crippen molar-refractivity contribution in [2.75, 3.05) is 11.9 Å². The molecule has 2 N–H and O–H groups in total. The number of urea groups is 1. The molecule has 94 valence electrons. The molecule has 4 nitrogen and oxygen atoms in total. The summed E-state index contributed by atoms with van der Waals surface area (Å²) < 4.78 is 4.95. The van der Waals surface area contributed by atoms with Crippen molar-refractivity contribution >= 4 is 11.7 Å². The van der Waals surface area contributed by atoms with Crippen molar-refractivity contribution < 1.29 is 9.21 Å². The van der Waals surface area contributed by atoms with Crippen LogP contribution in [0.2, 0.25) is 0 Å². The summed E-state index contributed by atoms with van der Waals surface area (Å²) in [6.07, 6.45) is 4.07. The third-order valence-electron chi connectivity index (χ3n) is 2.59. The monoisotopic (exact) mass is 244 g/mol. The molecule has 2 rings (SSSR count). The first-order valence-electron chi connectivity index (χ1n) is 5.86. The summed E-state index contributed by atoms with van der Waals surface area (Å²) in [6.45, 7) is 2.59. The van der Waals surface area contributed by atoms with Gasteiger partial charge in [-0.25, -0.2) is 4.79 Å². The number of carbonyl (C=O) groups is 1. The van der Waals surface area contributed by atoms with E-state index in [1.54, 1.807) is 12.5 Å². The number of rotatable bonds is 4. The van der Waals surface area contributed by atoms with Gasteiger partial charge in [0.05, 0.1) is 12.5 Å². The zero-order valence-corrected chi connectivity index (χ0v) is 10.3.